The number of hydrogen-bond donors (Lipinski definition) is 1. The molecule has 0 aromatic heterocycles. The predicted octanol–water partition coefficient (Wildman–Crippen LogP) is 1.37. The summed E-state index contributed by atoms with van der Waals surface area (Å²) in [5.41, 5.74) is 7.46. The Balaban J connectivity index is 2.26. The van der Waals surface area contributed by atoms with Gasteiger partial charge < -0.3 is 15.2 Å². The van der Waals surface area contributed by atoms with Crippen molar-refractivity contribution in [1.82, 2.24) is 0 Å². The third kappa shape index (κ3) is 2.42. The van der Waals surface area contributed by atoms with Gasteiger partial charge in [0.2, 0.25) is 0 Å². The zero-order chi connectivity index (χ0) is 12.4. The van der Waals surface area contributed by atoms with Crippen LogP contribution in [0.15, 0.2) is 18.2 Å². The van der Waals surface area contributed by atoms with Crippen molar-refractivity contribution in [1.29, 1.82) is 0 Å². The monoisotopic (exact) mass is 235 g/mol. The Morgan fingerprint density at radius 1 is 1.59 bits per heavy atom. The third-order valence-corrected chi connectivity index (χ3v) is 3.16. The molecule has 0 fully saturated rings. The van der Waals surface area contributed by atoms with Gasteiger partial charge >= 0.3 is 5.97 Å². The molecule has 0 radical (unpaired) electrons. The maximum Gasteiger partial charge on any atom is 0.337 e. The molecule has 0 spiro atoms. The lowest BCUT2D eigenvalue weighted by Gasteiger charge is -2.27. The van der Waals surface area contributed by atoms with Gasteiger partial charge in [-0.05, 0) is 37.1 Å². The minimum absolute atomic E-state index is 0.0879. The van der Waals surface area contributed by atoms with Gasteiger partial charge in [-0.1, -0.05) is 0 Å². The summed E-state index contributed by atoms with van der Waals surface area (Å²) in [6, 6.07) is 5.45. The molecule has 1 heterocycles. The normalized spacial score (nSPS) is 20.1. The van der Waals surface area contributed by atoms with Crippen LogP contribution in [0.2, 0.25) is 0 Å². The van der Waals surface area contributed by atoms with Crippen LogP contribution in [0.1, 0.15) is 22.8 Å². The molecule has 0 aliphatic carbocycles. The van der Waals surface area contributed by atoms with Crippen molar-refractivity contribution in [3.8, 4) is 5.75 Å². The van der Waals surface area contributed by atoms with Crippen molar-refractivity contribution in [2.75, 3.05) is 13.7 Å². The van der Waals surface area contributed by atoms with E-state index in [-0.39, 0.29) is 12.0 Å². The number of ether oxygens (including phenoxy) is 2. The molecule has 1 aliphatic rings. The summed E-state index contributed by atoms with van der Waals surface area (Å²) >= 11 is 0. The first kappa shape index (κ1) is 11.9. The van der Waals surface area contributed by atoms with Crippen molar-refractivity contribution < 1.29 is 14.3 Å². The molecule has 4 heteroatoms. The van der Waals surface area contributed by atoms with Crippen LogP contribution < -0.4 is 10.5 Å². The number of rotatable bonds is 2. The highest BCUT2D eigenvalue weighted by atomic mass is 16.5. The van der Waals surface area contributed by atoms with Crippen molar-refractivity contribution >= 4 is 5.97 Å². The molecule has 1 unspecified atom stereocenters. The summed E-state index contributed by atoms with van der Waals surface area (Å²) in [6.07, 6.45) is 0.845. The number of carbonyl (C=O) groups excluding carboxylic acids is 1. The zero-order valence-corrected chi connectivity index (χ0v) is 10.1. The second kappa shape index (κ2) is 4.75. The Morgan fingerprint density at radius 2 is 2.35 bits per heavy atom. The number of fused-ring (bicyclic) bond motifs is 1. The largest absolute Gasteiger partial charge is 0.493 e. The molecule has 0 bridgehead atoms. The molecule has 2 rings (SSSR count). The summed E-state index contributed by atoms with van der Waals surface area (Å²) in [6.45, 7) is 2.62. The van der Waals surface area contributed by atoms with E-state index < -0.39 is 0 Å². The third-order valence-electron chi connectivity index (χ3n) is 3.16. The SMILES string of the molecule is COC(=O)c1ccc2c(c1)CC([C@@H](C)N)CO2. The number of nitrogens with two attached hydrogens (primary N) is 1. The summed E-state index contributed by atoms with van der Waals surface area (Å²) in [5, 5.41) is 0. The second-order valence-electron chi connectivity index (χ2n) is 4.45. The standard InChI is InChI=1S/C13H17NO3/c1-8(14)11-6-10-5-9(13(15)16-2)3-4-12(10)17-7-11/h3-5,8,11H,6-7,14H2,1-2H3/t8-,11?/m1/s1. The van der Waals surface area contributed by atoms with Crippen LogP contribution in [0.5, 0.6) is 5.75 Å². The quantitative estimate of drug-likeness (QED) is 0.786. The molecule has 17 heavy (non-hydrogen) atoms. The van der Waals surface area contributed by atoms with E-state index in [9.17, 15) is 4.79 Å². The van der Waals surface area contributed by atoms with Gasteiger partial charge in [0.15, 0.2) is 0 Å². The van der Waals surface area contributed by atoms with E-state index >= 15 is 0 Å². The van der Waals surface area contributed by atoms with Gasteiger partial charge in [0.1, 0.15) is 5.75 Å². The van der Waals surface area contributed by atoms with Crippen molar-refractivity contribution in [2.24, 2.45) is 11.7 Å². The lowest BCUT2D eigenvalue weighted by atomic mass is 9.91. The van der Waals surface area contributed by atoms with Gasteiger partial charge in [-0.15, -0.1) is 0 Å². The fourth-order valence-electron chi connectivity index (χ4n) is 2.00. The van der Waals surface area contributed by atoms with E-state index in [1.54, 1.807) is 6.07 Å². The average molecular weight is 235 g/mol. The summed E-state index contributed by atoms with van der Waals surface area (Å²) in [4.78, 5) is 11.4. The first-order valence-electron chi connectivity index (χ1n) is 5.71. The van der Waals surface area contributed by atoms with Gasteiger partial charge in [-0.3, -0.25) is 0 Å². The van der Waals surface area contributed by atoms with Crippen LogP contribution in [0.3, 0.4) is 0 Å². The first-order valence-corrected chi connectivity index (χ1v) is 5.71. The van der Waals surface area contributed by atoms with Crippen LogP contribution in [0.4, 0.5) is 0 Å². The predicted molar refractivity (Wildman–Crippen MR) is 64.1 cm³/mol. The van der Waals surface area contributed by atoms with E-state index in [1.165, 1.54) is 7.11 Å². The van der Waals surface area contributed by atoms with Crippen molar-refractivity contribution in [2.45, 2.75) is 19.4 Å². The summed E-state index contributed by atoms with van der Waals surface area (Å²) in [5.74, 6) is 0.820. The molecule has 2 atom stereocenters. The van der Waals surface area contributed by atoms with Gasteiger partial charge in [0, 0.05) is 12.0 Å². The summed E-state index contributed by atoms with van der Waals surface area (Å²) < 4.78 is 10.3. The van der Waals surface area contributed by atoms with E-state index in [2.05, 4.69) is 0 Å². The topological polar surface area (TPSA) is 61.5 Å². The molecule has 1 aromatic rings. The van der Waals surface area contributed by atoms with E-state index in [0.717, 1.165) is 17.7 Å². The molecular formula is C13H17NO3. The average Bonchev–Trinajstić information content (AvgIpc) is 2.36. The zero-order valence-electron chi connectivity index (χ0n) is 10.1. The Morgan fingerprint density at radius 3 is 3.00 bits per heavy atom. The Kier molecular flexibility index (Phi) is 3.33. The maximum atomic E-state index is 11.4. The van der Waals surface area contributed by atoms with Gasteiger partial charge in [-0.2, -0.15) is 0 Å². The van der Waals surface area contributed by atoms with Gasteiger partial charge in [0.25, 0.3) is 0 Å². The molecule has 4 nitrogen and oxygen atoms in total. The van der Waals surface area contributed by atoms with Crippen molar-refractivity contribution in [3.63, 3.8) is 0 Å². The Bertz CT molecular complexity index is 429. The molecule has 0 saturated carbocycles. The van der Waals surface area contributed by atoms with Crippen LogP contribution >= 0.6 is 0 Å². The number of esters is 1. The fourth-order valence-corrected chi connectivity index (χ4v) is 2.00. The number of carbonyl (C=O) groups is 1. The molecule has 1 aromatic carbocycles. The van der Waals surface area contributed by atoms with E-state index in [4.69, 9.17) is 15.2 Å². The number of methoxy groups -OCH3 is 1. The number of benzene rings is 1. The minimum Gasteiger partial charge on any atom is -0.493 e. The number of hydrogen-bond acceptors (Lipinski definition) is 4. The van der Waals surface area contributed by atoms with Gasteiger partial charge in [0.05, 0.1) is 19.3 Å². The highest BCUT2D eigenvalue weighted by molar-refractivity contribution is 5.89. The maximum absolute atomic E-state index is 11.4. The Labute approximate surface area is 101 Å². The second-order valence-corrected chi connectivity index (χ2v) is 4.45. The lowest BCUT2D eigenvalue weighted by Crippen LogP contribution is -2.35. The highest BCUT2D eigenvalue weighted by Crippen LogP contribution is 2.29. The van der Waals surface area contributed by atoms with E-state index in [0.29, 0.717) is 18.1 Å². The van der Waals surface area contributed by atoms with Crippen LogP contribution in [-0.2, 0) is 11.2 Å². The van der Waals surface area contributed by atoms with Crippen LogP contribution in [0, 0.1) is 5.92 Å². The van der Waals surface area contributed by atoms with E-state index in [1.807, 2.05) is 19.1 Å². The summed E-state index contributed by atoms with van der Waals surface area (Å²) in [7, 11) is 1.38. The van der Waals surface area contributed by atoms with Crippen LogP contribution in [-0.4, -0.2) is 25.7 Å². The Hall–Kier alpha value is -1.55. The lowest BCUT2D eigenvalue weighted by molar-refractivity contribution is 0.0600. The van der Waals surface area contributed by atoms with Crippen LogP contribution in [0.25, 0.3) is 0 Å². The first-order chi connectivity index (χ1) is 8.11. The fraction of sp³-hybridized carbons (Fsp3) is 0.462. The molecular weight excluding hydrogens is 218 g/mol. The smallest absolute Gasteiger partial charge is 0.337 e. The molecule has 2 N–H and O–H groups in total. The highest BCUT2D eigenvalue weighted by Gasteiger charge is 2.23. The molecule has 0 amide bonds. The molecule has 1 aliphatic heterocycles. The van der Waals surface area contributed by atoms with Gasteiger partial charge in [-0.25, -0.2) is 4.79 Å². The molecule has 92 valence electrons. The van der Waals surface area contributed by atoms with Crippen molar-refractivity contribution in [3.05, 3.63) is 29.3 Å². The molecule has 0 saturated heterocycles. The minimum atomic E-state index is -0.323.